The first-order valence-corrected chi connectivity index (χ1v) is 9.74. The molecule has 0 atom stereocenters. The highest BCUT2D eigenvalue weighted by atomic mass is 16.2. The third kappa shape index (κ3) is 5.66. The van der Waals surface area contributed by atoms with Crippen molar-refractivity contribution >= 4 is 22.7 Å². The zero-order valence-corrected chi connectivity index (χ0v) is 17.1. The average Bonchev–Trinajstić information content (AvgIpc) is 2.76. The van der Waals surface area contributed by atoms with Gasteiger partial charge in [0.1, 0.15) is 0 Å². The van der Waals surface area contributed by atoms with E-state index in [0.717, 1.165) is 41.0 Å². The lowest BCUT2D eigenvalue weighted by atomic mass is 10.1. The molecule has 0 saturated carbocycles. The van der Waals surface area contributed by atoms with Gasteiger partial charge in [0.25, 0.3) is 0 Å². The Morgan fingerprint density at radius 2 is 1.37 bits per heavy atom. The lowest BCUT2D eigenvalue weighted by molar-refractivity contribution is 0.288. The van der Waals surface area contributed by atoms with Crippen LogP contribution in [0.5, 0.6) is 0 Å². The minimum Gasteiger partial charge on any atom is -0.396 e. The third-order valence-corrected chi connectivity index (χ3v) is 4.62. The van der Waals surface area contributed by atoms with Gasteiger partial charge in [-0.2, -0.15) is 25.7 Å². The van der Waals surface area contributed by atoms with E-state index in [0.29, 0.717) is 11.3 Å². The van der Waals surface area contributed by atoms with Gasteiger partial charge in [0.2, 0.25) is 0 Å². The topological polar surface area (TPSA) is 93.5 Å². The Morgan fingerprint density at radius 3 is 1.97 bits per heavy atom. The molecule has 1 N–H and O–H groups in total. The van der Waals surface area contributed by atoms with Gasteiger partial charge in [0.15, 0.2) is 0 Å². The molecule has 0 heterocycles. The number of nitriles is 1. The van der Waals surface area contributed by atoms with Crippen LogP contribution in [0, 0.1) is 25.2 Å². The molecule has 0 aliphatic heterocycles. The fourth-order valence-electron chi connectivity index (χ4n) is 2.89. The van der Waals surface area contributed by atoms with Crippen molar-refractivity contribution in [2.75, 3.05) is 6.61 Å². The van der Waals surface area contributed by atoms with Crippen molar-refractivity contribution in [2.24, 2.45) is 20.5 Å². The Hall–Kier alpha value is -3.69. The summed E-state index contributed by atoms with van der Waals surface area (Å²) in [6.07, 6.45) is 1.61. The zero-order valence-electron chi connectivity index (χ0n) is 17.1. The molecule has 0 aromatic heterocycles. The molecule has 6 heteroatoms. The summed E-state index contributed by atoms with van der Waals surface area (Å²) >= 11 is 0. The van der Waals surface area contributed by atoms with Crippen molar-refractivity contribution in [1.29, 1.82) is 5.26 Å². The summed E-state index contributed by atoms with van der Waals surface area (Å²) in [5, 5.41) is 35.1. The molecule has 0 spiro atoms. The van der Waals surface area contributed by atoms with Crippen molar-refractivity contribution in [2.45, 2.75) is 26.7 Å². The Labute approximate surface area is 176 Å². The van der Waals surface area contributed by atoms with Crippen LogP contribution in [0.15, 0.2) is 81.1 Å². The average molecular weight is 397 g/mol. The number of aliphatic hydroxyl groups excluding tert-OH is 1. The van der Waals surface area contributed by atoms with E-state index in [2.05, 4.69) is 26.5 Å². The molecular formula is C24H23N5O. The van der Waals surface area contributed by atoms with Crippen LogP contribution >= 0.6 is 0 Å². The van der Waals surface area contributed by atoms with E-state index in [1.807, 2.05) is 62.4 Å². The second-order valence-corrected chi connectivity index (χ2v) is 6.98. The summed E-state index contributed by atoms with van der Waals surface area (Å²) in [6, 6.07) is 21.0. The molecule has 0 amide bonds. The van der Waals surface area contributed by atoms with Crippen molar-refractivity contribution in [3.8, 4) is 6.07 Å². The summed E-state index contributed by atoms with van der Waals surface area (Å²) in [6.45, 7) is 4.03. The van der Waals surface area contributed by atoms with Gasteiger partial charge < -0.3 is 5.11 Å². The molecule has 6 nitrogen and oxygen atoms in total. The van der Waals surface area contributed by atoms with Gasteiger partial charge in [-0.25, -0.2) is 0 Å². The lowest BCUT2D eigenvalue weighted by Crippen LogP contribution is -1.88. The van der Waals surface area contributed by atoms with Crippen LogP contribution in [-0.4, -0.2) is 11.7 Å². The van der Waals surface area contributed by atoms with E-state index in [1.54, 1.807) is 12.1 Å². The van der Waals surface area contributed by atoms with Crippen molar-refractivity contribution < 1.29 is 5.11 Å². The van der Waals surface area contributed by atoms with E-state index < -0.39 is 0 Å². The van der Waals surface area contributed by atoms with Crippen LogP contribution in [0.3, 0.4) is 0 Å². The standard InChI is InChI=1S/C24H23N5O/c1-17-14-22(10-7-20(17)16-25)27-28-23-11-12-24(18(2)15-23)29-26-21-8-5-19(6-9-21)4-3-13-30/h5-12,14-15,30H,3-4,13H2,1-2H3. The van der Waals surface area contributed by atoms with Gasteiger partial charge in [0, 0.05) is 6.61 Å². The van der Waals surface area contributed by atoms with Crippen LogP contribution in [0.25, 0.3) is 0 Å². The fourth-order valence-corrected chi connectivity index (χ4v) is 2.89. The third-order valence-electron chi connectivity index (χ3n) is 4.62. The molecule has 3 aromatic carbocycles. The van der Waals surface area contributed by atoms with E-state index in [9.17, 15) is 0 Å². The van der Waals surface area contributed by atoms with Crippen LogP contribution in [0.4, 0.5) is 22.7 Å². The highest BCUT2D eigenvalue weighted by Crippen LogP contribution is 2.28. The summed E-state index contributed by atoms with van der Waals surface area (Å²) < 4.78 is 0. The summed E-state index contributed by atoms with van der Waals surface area (Å²) in [7, 11) is 0. The molecule has 0 aliphatic rings. The van der Waals surface area contributed by atoms with E-state index in [4.69, 9.17) is 10.4 Å². The lowest BCUT2D eigenvalue weighted by Gasteiger charge is -2.02. The smallest absolute Gasteiger partial charge is 0.0994 e. The first-order valence-electron chi connectivity index (χ1n) is 9.74. The van der Waals surface area contributed by atoms with Crippen LogP contribution in [-0.2, 0) is 6.42 Å². The number of hydrogen-bond acceptors (Lipinski definition) is 6. The van der Waals surface area contributed by atoms with Gasteiger partial charge >= 0.3 is 0 Å². The highest BCUT2D eigenvalue weighted by Gasteiger charge is 2.01. The predicted molar refractivity (Wildman–Crippen MR) is 117 cm³/mol. The number of aliphatic hydroxyl groups is 1. The van der Waals surface area contributed by atoms with Crippen LogP contribution in [0.2, 0.25) is 0 Å². The minimum absolute atomic E-state index is 0.198. The van der Waals surface area contributed by atoms with Crippen molar-refractivity contribution in [3.05, 3.63) is 82.9 Å². The summed E-state index contributed by atoms with van der Waals surface area (Å²) in [5.41, 5.74) is 6.62. The number of rotatable bonds is 7. The van der Waals surface area contributed by atoms with Gasteiger partial charge in [0.05, 0.1) is 34.4 Å². The number of nitrogens with zero attached hydrogens (tertiary/aromatic N) is 5. The molecule has 150 valence electrons. The van der Waals surface area contributed by atoms with E-state index >= 15 is 0 Å². The molecule has 3 rings (SSSR count). The second kappa shape index (κ2) is 10.2. The zero-order chi connectivity index (χ0) is 21.3. The van der Waals surface area contributed by atoms with Gasteiger partial charge in [-0.1, -0.05) is 12.1 Å². The van der Waals surface area contributed by atoms with Gasteiger partial charge in [-0.3, -0.25) is 0 Å². The summed E-state index contributed by atoms with van der Waals surface area (Å²) in [4.78, 5) is 0. The van der Waals surface area contributed by atoms with Gasteiger partial charge in [-0.15, -0.1) is 0 Å². The van der Waals surface area contributed by atoms with E-state index in [1.165, 1.54) is 5.56 Å². The number of hydrogen-bond donors (Lipinski definition) is 1. The molecule has 3 aromatic rings. The molecule has 0 radical (unpaired) electrons. The minimum atomic E-state index is 0.198. The number of azo groups is 2. The molecular weight excluding hydrogens is 374 g/mol. The maximum Gasteiger partial charge on any atom is 0.0994 e. The van der Waals surface area contributed by atoms with Crippen molar-refractivity contribution in [1.82, 2.24) is 0 Å². The molecule has 30 heavy (non-hydrogen) atoms. The molecule has 0 aliphatic carbocycles. The molecule has 0 unspecified atom stereocenters. The first-order chi connectivity index (χ1) is 14.6. The first kappa shape index (κ1) is 21.0. The van der Waals surface area contributed by atoms with Crippen LogP contribution in [0.1, 0.15) is 28.7 Å². The fraction of sp³-hybridized carbons (Fsp3) is 0.208. The monoisotopic (exact) mass is 397 g/mol. The Kier molecular flexibility index (Phi) is 7.14. The van der Waals surface area contributed by atoms with E-state index in [-0.39, 0.29) is 6.61 Å². The number of aryl methyl sites for hydroxylation is 3. The molecule has 0 bridgehead atoms. The highest BCUT2D eigenvalue weighted by molar-refractivity contribution is 5.54. The Morgan fingerprint density at radius 1 is 0.767 bits per heavy atom. The van der Waals surface area contributed by atoms with Crippen molar-refractivity contribution in [3.63, 3.8) is 0 Å². The Balaban J connectivity index is 1.68. The molecule has 0 saturated heterocycles. The quantitative estimate of drug-likeness (QED) is 0.438. The Bertz CT molecular complexity index is 1110. The largest absolute Gasteiger partial charge is 0.396 e. The second-order valence-electron chi connectivity index (χ2n) is 6.98. The SMILES string of the molecule is Cc1cc(N=Nc2ccc(N=Nc3ccc(CCCO)cc3)c(C)c2)ccc1C#N. The maximum atomic E-state index is 9.00. The normalized spacial score (nSPS) is 11.3. The molecule has 0 fully saturated rings. The van der Waals surface area contributed by atoms with Gasteiger partial charge in [-0.05, 0) is 91.9 Å². The number of benzene rings is 3. The maximum absolute atomic E-state index is 9.00. The predicted octanol–water partition coefficient (Wildman–Crippen LogP) is 6.93. The van der Waals surface area contributed by atoms with Crippen LogP contribution < -0.4 is 0 Å². The summed E-state index contributed by atoms with van der Waals surface area (Å²) in [5.74, 6) is 0.